The molecule has 0 aliphatic rings. The highest BCUT2D eigenvalue weighted by Crippen LogP contribution is 2.10. The molecule has 0 aromatic carbocycles. The fourth-order valence-corrected chi connectivity index (χ4v) is 1.74. The molecule has 0 bridgehead atoms. The SMILES string of the molecule is CCNC(COC)Cc1cc(OC)nc(C)n1. The minimum atomic E-state index is 0.268. The molecular weight excluding hydrogens is 218 g/mol. The molecule has 17 heavy (non-hydrogen) atoms. The van der Waals surface area contributed by atoms with Gasteiger partial charge in [0.1, 0.15) is 5.82 Å². The molecule has 1 aromatic rings. The van der Waals surface area contributed by atoms with E-state index in [1.165, 1.54) is 0 Å². The molecule has 1 N–H and O–H groups in total. The van der Waals surface area contributed by atoms with Crippen molar-refractivity contribution in [2.75, 3.05) is 27.4 Å². The molecule has 1 aromatic heterocycles. The number of hydrogen-bond acceptors (Lipinski definition) is 5. The number of nitrogens with zero attached hydrogens (tertiary/aromatic N) is 2. The smallest absolute Gasteiger partial charge is 0.216 e. The predicted octanol–water partition coefficient (Wildman–Crippen LogP) is 0.961. The van der Waals surface area contributed by atoms with E-state index in [-0.39, 0.29) is 6.04 Å². The van der Waals surface area contributed by atoms with Gasteiger partial charge in [0.2, 0.25) is 5.88 Å². The van der Waals surface area contributed by atoms with Gasteiger partial charge in [-0.05, 0) is 13.5 Å². The summed E-state index contributed by atoms with van der Waals surface area (Å²) in [7, 11) is 3.32. The van der Waals surface area contributed by atoms with Crippen LogP contribution in [0, 0.1) is 6.92 Å². The van der Waals surface area contributed by atoms with Crippen molar-refractivity contribution >= 4 is 0 Å². The van der Waals surface area contributed by atoms with Crippen molar-refractivity contribution in [1.29, 1.82) is 0 Å². The van der Waals surface area contributed by atoms with Crippen LogP contribution in [0.3, 0.4) is 0 Å². The lowest BCUT2D eigenvalue weighted by atomic mass is 10.1. The van der Waals surface area contributed by atoms with Gasteiger partial charge in [-0.2, -0.15) is 4.98 Å². The van der Waals surface area contributed by atoms with Crippen LogP contribution < -0.4 is 10.1 Å². The topological polar surface area (TPSA) is 56.3 Å². The molecule has 1 atom stereocenters. The molecule has 96 valence electrons. The van der Waals surface area contributed by atoms with E-state index in [4.69, 9.17) is 9.47 Å². The molecule has 0 spiro atoms. The van der Waals surface area contributed by atoms with E-state index in [1.807, 2.05) is 13.0 Å². The summed E-state index contributed by atoms with van der Waals surface area (Å²) in [6, 6.07) is 2.14. The van der Waals surface area contributed by atoms with Gasteiger partial charge in [-0.1, -0.05) is 6.92 Å². The first-order valence-electron chi connectivity index (χ1n) is 5.80. The monoisotopic (exact) mass is 239 g/mol. The van der Waals surface area contributed by atoms with Gasteiger partial charge < -0.3 is 14.8 Å². The standard InChI is InChI=1S/C12H21N3O2/c1-5-13-11(8-16-3)6-10-7-12(17-4)15-9(2)14-10/h7,11,13H,5-6,8H2,1-4H3. The Balaban J connectivity index is 2.73. The minimum absolute atomic E-state index is 0.268. The molecule has 0 saturated carbocycles. The maximum absolute atomic E-state index is 5.18. The first-order valence-corrected chi connectivity index (χ1v) is 5.80. The molecule has 5 nitrogen and oxygen atoms in total. The third kappa shape index (κ3) is 4.66. The zero-order chi connectivity index (χ0) is 12.7. The van der Waals surface area contributed by atoms with Gasteiger partial charge in [0.05, 0.1) is 13.7 Å². The Morgan fingerprint density at radius 2 is 2.12 bits per heavy atom. The van der Waals surface area contributed by atoms with Crippen LogP contribution in [0.5, 0.6) is 5.88 Å². The largest absolute Gasteiger partial charge is 0.481 e. The molecule has 0 fully saturated rings. The highest BCUT2D eigenvalue weighted by atomic mass is 16.5. The highest BCUT2D eigenvalue weighted by molar-refractivity contribution is 5.16. The molecule has 0 aliphatic heterocycles. The van der Waals surface area contributed by atoms with Gasteiger partial charge >= 0.3 is 0 Å². The van der Waals surface area contributed by atoms with E-state index < -0.39 is 0 Å². The summed E-state index contributed by atoms with van der Waals surface area (Å²) in [5.74, 6) is 1.34. The number of methoxy groups -OCH3 is 2. The maximum Gasteiger partial charge on any atom is 0.216 e. The van der Waals surface area contributed by atoms with Crippen molar-refractivity contribution < 1.29 is 9.47 Å². The average molecular weight is 239 g/mol. The number of aromatic nitrogens is 2. The molecule has 5 heteroatoms. The lowest BCUT2D eigenvalue weighted by Gasteiger charge is -2.16. The fraction of sp³-hybridized carbons (Fsp3) is 0.667. The number of ether oxygens (including phenoxy) is 2. The zero-order valence-corrected chi connectivity index (χ0v) is 11.0. The van der Waals surface area contributed by atoms with E-state index in [9.17, 15) is 0 Å². The van der Waals surface area contributed by atoms with Gasteiger partial charge in [0.25, 0.3) is 0 Å². The van der Waals surface area contributed by atoms with Crippen molar-refractivity contribution in [1.82, 2.24) is 15.3 Å². The summed E-state index contributed by atoms with van der Waals surface area (Å²) in [5, 5.41) is 3.36. The average Bonchev–Trinajstić information content (AvgIpc) is 2.29. The number of rotatable bonds is 7. The molecular formula is C12H21N3O2. The second-order valence-electron chi connectivity index (χ2n) is 3.86. The molecule has 0 amide bonds. The lowest BCUT2D eigenvalue weighted by molar-refractivity contribution is 0.166. The molecule has 0 aliphatic carbocycles. The molecule has 1 rings (SSSR count). The van der Waals surface area contributed by atoms with E-state index in [1.54, 1.807) is 14.2 Å². The summed E-state index contributed by atoms with van der Waals surface area (Å²) < 4.78 is 10.3. The van der Waals surface area contributed by atoms with Crippen molar-refractivity contribution in [3.8, 4) is 5.88 Å². The summed E-state index contributed by atoms with van der Waals surface area (Å²) >= 11 is 0. The second-order valence-corrected chi connectivity index (χ2v) is 3.86. The van der Waals surface area contributed by atoms with E-state index in [0.717, 1.165) is 24.5 Å². The quantitative estimate of drug-likeness (QED) is 0.768. The summed E-state index contributed by atoms with van der Waals surface area (Å²) in [4.78, 5) is 8.57. The van der Waals surface area contributed by atoms with Crippen LogP contribution in [0.4, 0.5) is 0 Å². The first-order chi connectivity index (χ1) is 8.19. The summed E-state index contributed by atoms with van der Waals surface area (Å²) in [6.45, 7) is 5.52. The van der Waals surface area contributed by atoms with Gasteiger partial charge in [-0.15, -0.1) is 0 Å². The molecule has 1 heterocycles. The van der Waals surface area contributed by atoms with E-state index in [0.29, 0.717) is 12.5 Å². The Bertz CT molecular complexity index is 339. The fourth-order valence-electron chi connectivity index (χ4n) is 1.74. The Morgan fingerprint density at radius 3 is 2.71 bits per heavy atom. The molecule has 0 saturated heterocycles. The second kappa shape index (κ2) is 7.19. The Morgan fingerprint density at radius 1 is 1.35 bits per heavy atom. The number of nitrogens with one attached hydrogen (secondary N) is 1. The van der Waals surface area contributed by atoms with E-state index >= 15 is 0 Å². The normalized spacial score (nSPS) is 12.5. The van der Waals surface area contributed by atoms with Crippen molar-refractivity contribution in [3.63, 3.8) is 0 Å². The maximum atomic E-state index is 5.18. The minimum Gasteiger partial charge on any atom is -0.481 e. The Labute approximate surface area is 103 Å². The van der Waals surface area contributed by atoms with Crippen LogP contribution >= 0.6 is 0 Å². The van der Waals surface area contributed by atoms with E-state index in [2.05, 4.69) is 22.2 Å². The van der Waals surface area contributed by atoms with Crippen LogP contribution in [0.15, 0.2) is 6.07 Å². The zero-order valence-electron chi connectivity index (χ0n) is 11.0. The van der Waals surface area contributed by atoms with Gasteiger partial charge in [-0.25, -0.2) is 4.98 Å². The van der Waals surface area contributed by atoms with Gasteiger partial charge in [0, 0.05) is 31.3 Å². The van der Waals surface area contributed by atoms with Crippen molar-refractivity contribution in [2.24, 2.45) is 0 Å². The highest BCUT2D eigenvalue weighted by Gasteiger charge is 2.10. The van der Waals surface area contributed by atoms with Crippen LogP contribution in [0.25, 0.3) is 0 Å². The predicted molar refractivity (Wildman–Crippen MR) is 66.4 cm³/mol. The number of likely N-dealkylation sites (N-methyl/N-ethyl adjacent to an activating group) is 1. The Hall–Kier alpha value is -1.20. The first kappa shape index (κ1) is 13.9. The Kier molecular flexibility index (Phi) is 5.86. The molecule has 1 unspecified atom stereocenters. The molecule has 0 radical (unpaired) electrons. The van der Waals surface area contributed by atoms with Crippen LogP contribution in [-0.2, 0) is 11.2 Å². The van der Waals surface area contributed by atoms with Gasteiger partial charge in [-0.3, -0.25) is 0 Å². The third-order valence-corrected chi connectivity index (χ3v) is 2.39. The summed E-state index contributed by atoms with van der Waals surface area (Å²) in [6.07, 6.45) is 0.807. The van der Waals surface area contributed by atoms with Crippen LogP contribution in [-0.4, -0.2) is 43.4 Å². The van der Waals surface area contributed by atoms with Gasteiger partial charge in [0.15, 0.2) is 0 Å². The lowest BCUT2D eigenvalue weighted by Crippen LogP contribution is -2.35. The van der Waals surface area contributed by atoms with Crippen LogP contribution in [0.2, 0.25) is 0 Å². The third-order valence-electron chi connectivity index (χ3n) is 2.39. The number of aryl methyl sites for hydroxylation is 1. The number of hydrogen-bond donors (Lipinski definition) is 1. The summed E-state index contributed by atoms with van der Waals surface area (Å²) in [5.41, 5.74) is 0.970. The van der Waals surface area contributed by atoms with Crippen molar-refractivity contribution in [2.45, 2.75) is 26.3 Å². The van der Waals surface area contributed by atoms with Crippen LogP contribution in [0.1, 0.15) is 18.4 Å². The van der Waals surface area contributed by atoms with Crippen molar-refractivity contribution in [3.05, 3.63) is 17.6 Å².